The Kier molecular flexibility index (Phi) is 4.69. The first-order chi connectivity index (χ1) is 14.3. The lowest BCUT2D eigenvalue weighted by Gasteiger charge is -2.35. The van der Waals surface area contributed by atoms with Gasteiger partial charge in [-0.1, -0.05) is 36.4 Å². The molecule has 1 aliphatic rings. The van der Waals surface area contributed by atoms with Crippen molar-refractivity contribution in [3.8, 4) is 11.1 Å². The number of nitrogens with zero attached hydrogens (tertiary/aromatic N) is 5. The molecular formula is C23H24N6. The number of H-pyrrole nitrogens is 1. The minimum absolute atomic E-state index is 0.966. The van der Waals surface area contributed by atoms with Gasteiger partial charge in [-0.25, -0.2) is 9.97 Å². The molecule has 1 saturated heterocycles. The number of hydrogen-bond acceptors (Lipinski definition) is 5. The molecule has 5 rings (SSSR count). The predicted molar refractivity (Wildman–Crippen MR) is 116 cm³/mol. The number of fused-ring (bicyclic) bond motifs is 1. The van der Waals surface area contributed by atoms with E-state index in [-0.39, 0.29) is 0 Å². The number of aromatic amines is 1. The SMILES string of the molecule is Cc1[nH]ncc1-c1ccc2ncnc(N3CCN(Cc4ccccc4)CC3)c2c1. The normalized spacial score (nSPS) is 15.1. The summed E-state index contributed by atoms with van der Waals surface area (Å²) in [4.78, 5) is 14.0. The molecule has 2 aromatic carbocycles. The molecule has 0 radical (unpaired) electrons. The lowest BCUT2D eigenvalue weighted by molar-refractivity contribution is 0.249. The summed E-state index contributed by atoms with van der Waals surface area (Å²) in [5, 5.41) is 8.28. The number of hydrogen-bond donors (Lipinski definition) is 1. The maximum atomic E-state index is 4.66. The number of piperazine rings is 1. The molecule has 6 nitrogen and oxygen atoms in total. The van der Waals surface area contributed by atoms with Crippen LogP contribution in [-0.2, 0) is 6.54 Å². The second-order valence-electron chi connectivity index (χ2n) is 7.59. The molecule has 29 heavy (non-hydrogen) atoms. The van der Waals surface area contributed by atoms with Crippen molar-refractivity contribution in [1.29, 1.82) is 0 Å². The van der Waals surface area contributed by atoms with E-state index in [0.29, 0.717) is 0 Å². The summed E-state index contributed by atoms with van der Waals surface area (Å²) in [5.74, 6) is 1.03. The monoisotopic (exact) mass is 384 g/mol. The van der Waals surface area contributed by atoms with E-state index in [2.05, 4.69) is 78.5 Å². The molecule has 0 saturated carbocycles. The third-order valence-corrected chi connectivity index (χ3v) is 5.68. The molecule has 146 valence electrons. The highest BCUT2D eigenvalue weighted by atomic mass is 15.3. The summed E-state index contributed by atoms with van der Waals surface area (Å²) < 4.78 is 0. The summed E-state index contributed by atoms with van der Waals surface area (Å²) in [6.45, 7) is 7.04. The molecule has 4 aromatic rings. The van der Waals surface area contributed by atoms with E-state index >= 15 is 0 Å². The highest BCUT2D eigenvalue weighted by molar-refractivity contribution is 5.93. The minimum atomic E-state index is 0.966. The molecule has 0 unspecified atom stereocenters. The van der Waals surface area contributed by atoms with Gasteiger partial charge in [-0.05, 0) is 30.2 Å². The van der Waals surface area contributed by atoms with Gasteiger partial charge in [0.25, 0.3) is 0 Å². The lowest BCUT2D eigenvalue weighted by atomic mass is 10.0. The zero-order valence-corrected chi connectivity index (χ0v) is 16.5. The van der Waals surface area contributed by atoms with E-state index in [1.54, 1.807) is 6.33 Å². The molecule has 6 heteroatoms. The fraction of sp³-hybridized carbons (Fsp3) is 0.261. The summed E-state index contributed by atoms with van der Waals surface area (Å²) in [7, 11) is 0. The van der Waals surface area contributed by atoms with Crippen molar-refractivity contribution in [1.82, 2.24) is 25.1 Å². The van der Waals surface area contributed by atoms with Crippen molar-refractivity contribution in [3.05, 3.63) is 72.3 Å². The van der Waals surface area contributed by atoms with Gasteiger partial charge in [0.2, 0.25) is 0 Å². The summed E-state index contributed by atoms with van der Waals surface area (Å²) >= 11 is 0. The van der Waals surface area contributed by atoms with Crippen LogP contribution in [0.2, 0.25) is 0 Å². The number of rotatable bonds is 4. The van der Waals surface area contributed by atoms with E-state index in [9.17, 15) is 0 Å². The highest BCUT2D eigenvalue weighted by Crippen LogP contribution is 2.30. The largest absolute Gasteiger partial charge is 0.353 e. The molecule has 1 aliphatic heterocycles. The number of anilines is 1. The Labute approximate surface area is 170 Å². The fourth-order valence-corrected chi connectivity index (χ4v) is 4.06. The highest BCUT2D eigenvalue weighted by Gasteiger charge is 2.20. The van der Waals surface area contributed by atoms with Crippen molar-refractivity contribution in [2.75, 3.05) is 31.1 Å². The van der Waals surface area contributed by atoms with Gasteiger partial charge < -0.3 is 4.90 Å². The number of aromatic nitrogens is 4. The second-order valence-corrected chi connectivity index (χ2v) is 7.59. The van der Waals surface area contributed by atoms with Crippen LogP contribution in [0.25, 0.3) is 22.0 Å². The van der Waals surface area contributed by atoms with Crippen LogP contribution in [0, 0.1) is 6.92 Å². The van der Waals surface area contributed by atoms with Gasteiger partial charge in [-0.3, -0.25) is 10.00 Å². The molecule has 0 atom stereocenters. The Morgan fingerprint density at radius 3 is 2.55 bits per heavy atom. The van der Waals surface area contributed by atoms with Crippen LogP contribution in [0.3, 0.4) is 0 Å². The molecule has 1 fully saturated rings. The Hall–Kier alpha value is -3.25. The van der Waals surface area contributed by atoms with E-state index in [1.807, 2.05) is 13.1 Å². The summed E-state index contributed by atoms with van der Waals surface area (Å²) in [6.07, 6.45) is 3.55. The predicted octanol–water partition coefficient (Wildman–Crippen LogP) is 3.65. The van der Waals surface area contributed by atoms with Crippen molar-refractivity contribution >= 4 is 16.7 Å². The maximum absolute atomic E-state index is 4.66. The smallest absolute Gasteiger partial charge is 0.139 e. The average Bonchev–Trinajstić information content (AvgIpc) is 3.20. The van der Waals surface area contributed by atoms with Gasteiger partial charge in [-0.15, -0.1) is 0 Å². The average molecular weight is 384 g/mol. The van der Waals surface area contributed by atoms with Crippen LogP contribution in [0.15, 0.2) is 61.1 Å². The van der Waals surface area contributed by atoms with Gasteiger partial charge in [0.15, 0.2) is 0 Å². The van der Waals surface area contributed by atoms with Crippen LogP contribution in [0.1, 0.15) is 11.3 Å². The van der Waals surface area contributed by atoms with E-state index in [1.165, 1.54) is 5.56 Å². The molecule has 0 amide bonds. The fourth-order valence-electron chi connectivity index (χ4n) is 4.06. The minimum Gasteiger partial charge on any atom is -0.353 e. The molecule has 3 heterocycles. The van der Waals surface area contributed by atoms with E-state index in [0.717, 1.165) is 66.3 Å². The summed E-state index contributed by atoms with van der Waals surface area (Å²) in [5.41, 5.74) is 5.68. The van der Waals surface area contributed by atoms with Crippen molar-refractivity contribution in [2.24, 2.45) is 0 Å². The van der Waals surface area contributed by atoms with Crippen LogP contribution < -0.4 is 4.90 Å². The number of benzene rings is 2. The van der Waals surface area contributed by atoms with Crippen LogP contribution in [0.5, 0.6) is 0 Å². The molecule has 1 N–H and O–H groups in total. The van der Waals surface area contributed by atoms with Gasteiger partial charge in [0.05, 0.1) is 11.7 Å². The van der Waals surface area contributed by atoms with Crippen molar-refractivity contribution in [3.63, 3.8) is 0 Å². The van der Waals surface area contributed by atoms with Crippen LogP contribution in [0.4, 0.5) is 5.82 Å². The quantitative estimate of drug-likeness (QED) is 0.582. The number of nitrogens with one attached hydrogen (secondary N) is 1. The van der Waals surface area contributed by atoms with Gasteiger partial charge >= 0.3 is 0 Å². The Bertz CT molecular complexity index is 1110. The third-order valence-electron chi connectivity index (χ3n) is 5.68. The van der Waals surface area contributed by atoms with Crippen LogP contribution >= 0.6 is 0 Å². The zero-order valence-electron chi connectivity index (χ0n) is 16.5. The van der Waals surface area contributed by atoms with Crippen molar-refractivity contribution < 1.29 is 0 Å². The Morgan fingerprint density at radius 1 is 0.966 bits per heavy atom. The standard InChI is InChI=1S/C23H24N6/c1-17-21(14-26-27-17)19-7-8-22-20(13-19)23(25-16-24-22)29-11-9-28(10-12-29)15-18-5-3-2-4-6-18/h2-8,13-14,16H,9-12,15H2,1H3,(H,26,27). The first-order valence-electron chi connectivity index (χ1n) is 10.0. The lowest BCUT2D eigenvalue weighted by Crippen LogP contribution is -2.46. The van der Waals surface area contributed by atoms with Crippen LogP contribution in [-0.4, -0.2) is 51.2 Å². The van der Waals surface area contributed by atoms with Gasteiger partial charge in [0.1, 0.15) is 12.1 Å². The summed E-state index contributed by atoms with van der Waals surface area (Å²) in [6, 6.07) is 17.1. The van der Waals surface area contributed by atoms with E-state index in [4.69, 9.17) is 0 Å². The first-order valence-corrected chi connectivity index (χ1v) is 10.0. The van der Waals surface area contributed by atoms with E-state index < -0.39 is 0 Å². The molecule has 2 aromatic heterocycles. The maximum Gasteiger partial charge on any atom is 0.139 e. The topological polar surface area (TPSA) is 60.9 Å². The molecule has 0 spiro atoms. The first kappa shape index (κ1) is 17.8. The van der Waals surface area contributed by atoms with Gasteiger partial charge in [-0.2, -0.15) is 5.10 Å². The molecule has 0 bridgehead atoms. The van der Waals surface area contributed by atoms with Crippen molar-refractivity contribution in [2.45, 2.75) is 13.5 Å². The number of aryl methyl sites for hydroxylation is 1. The zero-order chi connectivity index (χ0) is 19.6. The van der Waals surface area contributed by atoms with Gasteiger partial charge in [0, 0.05) is 49.4 Å². The third kappa shape index (κ3) is 3.59. The molecule has 0 aliphatic carbocycles. The molecular weight excluding hydrogens is 360 g/mol. The Balaban J connectivity index is 1.38. The Morgan fingerprint density at radius 2 is 1.79 bits per heavy atom. The second kappa shape index (κ2) is 7.64.